The molecule has 0 aliphatic heterocycles. The molecule has 0 aromatic rings. The zero-order valence-electron chi connectivity index (χ0n) is 12.0. The highest BCUT2D eigenvalue weighted by molar-refractivity contribution is 5.91. The number of imide groups is 1. The van der Waals surface area contributed by atoms with Crippen molar-refractivity contribution in [3.8, 4) is 0 Å². The molecule has 4 nitrogen and oxygen atoms in total. The molecule has 4 heteroatoms. The average molecular weight is 243 g/mol. The molecular formula is C13H25NO3. The molecule has 100 valence electrons. The first kappa shape index (κ1) is 15.9. The Kier molecular flexibility index (Phi) is 5.66. The highest BCUT2D eigenvalue weighted by atomic mass is 16.6. The summed E-state index contributed by atoms with van der Waals surface area (Å²) in [6.45, 7) is 12.8. The fourth-order valence-electron chi connectivity index (χ4n) is 1.47. The Labute approximate surface area is 104 Å². The van der Waals surface area contributed by atoms with Gasteiger partial charge in [0.15, 0.2) is 0 Å². The van der Waals surface area contributed by atoms with E-state index in [1.165, 1.54) is 11.8 Å². The van der Waals surface area contributed by atoms with E-state index in [1.54, 1.807) is 20.8 Å². The Morgan fingerprint density at radius 3 is 1.88 bits per heavy atom. The van der Waals surface area contributed by atoms with Gasteiger partial charge in [-0.3, -0.25) is 4.79 Å². The van der Waals surface area contributed by atoms with Crippen molar-refractivity contribution < 1.29 is 14.3 Å². The first-order valence-corrected chi connectivity index (χ1v) is 6.25. The van der Waals surface area contributed by atoms with E-state index in [4.69, 9.17) is 4.74 Å². The third kappa shape index (κ3) is 5.20. The molecule has 1 fully saturated rings. The Morgan fingerprint density at radius 2 is 1.65 bits per heavy atom. The van der Waals surface area contributed by atoms with E-state index in [1.807, 2.05) is 20.8 Å². The Morgan fingerprint density at radius 1 is 1.24 bits per heavy atom. The molecule has 0 heterocycles. The lowest BCUT2D eigenvalue weighted by atomic mass is 10.2. The first-order valence-electron chi connectivity index (χ1n) is 6.25. The van der Waals surface area contributed by atoms with Crippen LogP contribution < -0.4 is 0 Å². The maximum atomic E-state index is 11.7. The van der Waals surface area contributed by atoms with Crippen LogP contribution in [0.1, 0.15) is 54.9 Å². The molecule has 1 rings (SSSR count). The van der Waals surface area contributed by atoms with E-state index in [9.17, 15) is 9.59 Å². The molecule has 0 N–H and O–H groups in total. The van der Waals surface area contributed by atoms with Crippen LogP contribution in [-0.4, -0.2) is 28.5 Å². The fourth-order valence-corrected chi connectivity index (χ4v) is 1.47. The van der Waals surface area contributed by atoms with Gasteiger partial charge < -0.3 is 4.74 Å². The van der Waals surface area contributed by atoms with Gasteiger partial charge >= 0.3 is 6.09 Å². The second-order valence-electron chi connectivity index (χ2n) is 5.15. The first-order chi connectivity index (χ1) is 7.72. The zero-order valence-corrected chi connectivity index (χ0v) is 12.0. The number of ether oxygens (including phenoxy) is 1. The van der Waals surface area contributed by atoms with Gasteiger partial charge in [0.1, 0.15) is 5.60 Å². The smallest absolute Gasteiger partial charge is 0.417 e. The highest BCUT2D eigenvalue weighted by Crippen LogP contribution is 2.35. The molecule has 1 aliphatic carbocycles. The number of carbonyl (C=O) groups is 2. The van der Waals surface area contributed by atoms with Crippen molar-refractivity contribution in [2.24, 2.45) is 5.92 Å². The van der Waals surface area contributed by atoms with Gasteiger partial charge in [-0.1, -0.05) is 20.8 Å². The van der Waals surface area contributed by atoms with Crippen molar-refractivity contribution in [2.45, 2.75) is 66.5 Å². The minimum atomic E-state index is -0.553. The van der Waals surface area contributed by atoms with E-state index < -0.39 is 11.7 Å². The maximum absolute atomic E-state index is 11.7. The number of hydrogen-bond acceptors (Lipinski definition) is 3. The van der Waals surface area contributed by atoms with Crippen LogP contribution in [0.5, 0.6) is 0 Å². The lowest BCUT2D eigenvalue weighted by Gasteiger charge is -2.25. The Hall–Kier alpha value is -1.06. The van der Waals surface area contributed by atoms with Gasteiger partial charge in [0.05, 0.1) is 0 Å². The highest BCUT2D eigenvalue weighted by Gasteiger charge is 2.44. The molecular weight excluding hydrogens is 218 g/mol. The van der Waals surface area contributed by atoms with E-state index in [2.05, 4.69) is 0 Å². The lowest BCUT2D eigenvalue weighted by Crippen LogP contribution is -2.41. The minimum Gasteiger partial charge on any atom is -0.443 e. The van der Waals surface area contributed by atoms with Crippen molar-refractivity contribution in [3.63, 3.8) is 0 Å². The topological polar surface area (TPSA) is 46.6 Å². The lowest BCUT2D eigenvalue weighted by molar-refractivity contribution is -0.128. The largest absolute Gasteiger partial charge is 0.443 e. The quantitative estimate of drug-likeness (QED) is 0.710. The van der Waals surface area contributed by atoms with Gasteiger partial charge in [-0.15, -0.1) is 0 Å². The van der Waals surface area contributed by atoms with Crippen LogP contribution in [0.4, 0.5) is 4.79 Å². The van der Waals surface area contributed by atoms with Crippen LogP contribution in [0, 0.1) is 5.92 Å². The predicted octanol–water partition coefficient (Wildman–Crippen LogP) is 3.20. The summed E-state index contributed by atoms with van der Waals surface area (Å²) in [4.78, 5) is 24.3. The van der Waals surface area contributed by atoms with Crippen molar-refractivity contribution in [1.82, 2.24) is 4.90 Å². The van der Waals surface area contributed by atoms with Gasteiger partial charge in [-0.2, -0.15) is 0 Å². The molecule has 0 aromatic heterocycles. The van der Waals surface area contributed by atoms with Crippen LogP contribution in [0.2, 0.25) is 0 Å². The zero-order chi connectivity index (χ0) is 13.8. The summed E-state index contributed by atoms with van der Waals surface area (Å²) in [5.41, 5.74) is -0.553. The van der Waals surface area contributed by atoms with Crippen molar-refractivity contribution in [2.75, 3.05) is 0 Å². The molecule has 1 aliphatic rings. The van der Waals surface area contributed by atoms with Gasteiger partial charge in [0, 0.05) is 13.0 Å². The van der Waals surface area contributed by atoms with Crippen LogP contribution in [-0.2, 0) is 9.53 Å². The van der Waals surface area contributed by atoms with Gasteiger partial charge in [0.25, 0.3) is 0 Å². The molecule has 0 spiro atoms. The van der Waals surface area contributed by atoms with E-state index >= 15 is 0 Å². The monoisotopic (exact) mass is 243 g/mol. The molecule has 0 radical (unpaired) electrons. The molecule has 2 atom stereocenters. The predicted molar refractivity (Wildman–Crippen MR) is 67.7 cm³/mol. The van der Waals surface area contributed by atoms with E-state index in [0.29, 0.717) is 5.92 Å². The van der Waals surface area contributed by atoms with Gasteiger partial charge in [-0.25, -0.2) is 9.69 Å². The fraction of sp³-hybridized carbons (Fsp3) is 0.846. The van der Waals surface area contributed by atoms with Crippen LogP contribution >= 0.6 is 0 Å². The second kappa shape index (κ2) is 6.03. The second-order valence-corrected chi connectivity index (χ2v) is 5.15. The Bertz CT molecular complexity index is 281. The number of amides is 2. The van der Waals surface area contributed by atoms with Crippen LogP contribution in [0.25, 0.3) is 0 Å². The normalized spacial score (nSPS) is 22.1. The van der Waals surface area contributed by atoms with Crippen LogP contribution in [0.3, 0.4) is 0 Å². The van der Waals surface area contributed by atoms with Crippen LogP contribution in [0.15, 0.2) is 0 Å². The number of hydrogen-bond donors (Lipinski definition) is 0. The van der Waals surface area contributed by atoms with Gasteiger partial charge in [0.2, 0.25) is 5.91 Å². The molecule has 0 bridgehead atoms. The number of nitrogens with zero attached hydrogens (tertiary/aromatic N) is 1. The average Bonchev–Trinajstić information content (AvgIpc) is 2.82. The molecule has 17 heavy (non-hydrogen) atoms. The molecule has 0 saturated heterocycles. The Balaban J connectivity index is 0.00000121. The van der Waals surface area contributed by atoms with Crippen molar-refractivity contribution in [3.05, 3.63) is 0 Å². The van der Waals surface area contributed by atoms with Crippen molar-refractivity contribution >= 4 is 12.0 Å². The maximum Gasteiger partial charge on any atom is 0.417 e. The molecule has 1 saturated carbocycles. The van der Waals surface area contributed by atoms with E-state index in [0.717, 1.165) is 6.42 Å². The molecule has 2 amide bonds. The summed E-state index contributed by atoms with van der Waals surface area (Å²) in [6.07, 6.45) is 0.364. The standard InChI is InChI=1S/C11H19NO3.C2H6/c1-7-6-9(7)12(8(2)13)10(14)15-11(3,4)5;1-2/h7,9H,6H2,1-5H3;1-2H3. The number of carbonyl (C=O) groups excluding carboxylic acids is 2. The summed E-state index contributed by atoms with van der Waals surface area (Å²) in [5.74, 6) is 0.167. The summed E-state index contributed by atoms with van der Waals surface area (Å²) in [6, 6.07) is 0.0392. The third-order valence-electron chi connectivity index (χ3n) is 2.33. The minimum absolute atomic E-state index is 0.0392. The van der Waals surface area contributed by atoms with Gasteiger partial charge in [-0.05, 0) is 33.1 Å². The molecule has 0 aromatic carbocycles. The third-order valence-corrected chi connectivity index (χ3v) is 2.33. The summed E-state index contributed by atoms with van der Waals surface area (Å²) in [7, 11) is 0. The number of rotatable bonds is 1. The summed E-state index contributed by atoms with van der Waals surface area (Å²) >= 11 is 0. The SMILES string of the molecule is CC.CC(=O)N(C(=O)OC(C)(C)C)C1CC1C. The van der Waals surface area contributed by atoms with E-state index in [-0.39, 0.29) is 11.9 Å². The summed E-state index contributed by atoms with van der Waals surface area (Å²) < 4.78 is 5.18. The molecule has 2 unspecified atom stereocenters. The van der Waals surface area contributed by atoms with Crippen molar-refractivity contribution in [1.29, 1.82) is 0 Å². The summed E-state index contributed by atoms with van der Waals surface area (Å²) in [5, 5.41) is 0.